The molecular weight excluding hydrogens is 408 g/mol. The Morgan fingerprint density at radius 1 is 0.636 bits per heavy atom. The van der Waals surface area contributed by atoms with E-state index < -0.39 is 0 Å². The molecule has 3 rings (SSSR count). The molecule has 0 aliphatic heterocycles. The van der Waals surface area contributed by atoms with Gasteiger partial charge in [0.25, 0.3) is 0 Å². The Morgan fingerprint density at radius 3 is 1.55 bits per heavy atom. The maximum absolute atomic E-state index is 9.57. The van der Waals surface area contributed by atoms with Gasteiger partial charge in [0.15, 0.2) is 0 Å². The number of allylic oxidation sites excluding steroid dienone is 4. The third kappa shape index (κ3) is 5.67. The third-order valence-electron chi connectivity index (χ3n) is 6.59. The van der Waals surface area contributed by atoms with Gasteiger partial charge in [-0.2, -0.15) is 0 Å². The lowest BCUT2D eigenvalue weighted by Crippen LogP contribution is -2.18. The Morgan fingerprint density at radius 2 is 1.06 bits per heavy atom. The number of hydrogen-bond donors (Lipinski definition) is 2. The number of benzene rings is 3. The summed E-state index contributed by atoms with van der Waals surface area (Å²) >= 11 is 0. The monoisotopic (exact) mass is 442 g/mol. The van der Waals surface area contributed by atoms with Gasteiger partial charge in [0.05, 0.1) is 0 Å². The fraction of sp³-hybridized carbons (Fsp3) is 0.267. The topological polar surface area (TPSA) is 49.7 Å². The Kier molecular flexibility index (Phi) is 7.02. The van der Waals surface area contributed by atoms with Crippen LogP contribution in [-0.4, -0.2) is 10.2 Å². The van der Waals surface area contributed by atoms with Gasteiger partial charge in [0.2, 0.25) is 0 Å². The van der Waals surface area contributed by atoms with Crippen LogP contribution in [0.4, 0.5) is 0 Å². The van der Waals surface area contributed by atoms with E-state index in [2.05, 4.69) is 52.8 Å². The Labute approximate surface area is 197 Å². The molecule has 3 aromatic rings. The standard InChI is InChI=1S/C30H34O3/c1-21(29(3,4)23-9-15-26(31)16-10-23)7-8-22(2)33-28-19-13-25(14-20-28)30(5,6)24-11-17-27(32)18-12-24/h7-20,31-32H,1-6H3/b21-7+,22-8+. The van der Waals surface area contributed by atoms with Gasteiger partial charge in [-0.1, -0.05) is 75.7 Å². The number of rotatable bonds is 7. The molecule has 0 aliphatic rings. The molecule has 0 radical (unpaired) electrons. The highest BCUT2D eigenvalue weighted by Crippen LogP contribution is 2.34. The predicted molar refractivity (Wildman–Crippen MR) is 136 cm³/mol. The van der Waals surface area contributed by atoms with Crippen LogP contribution in [0.15, 0.2) is 96.3 Å². The molecule has 0 amide bonds. The van der Waals surface area contributed by atoms with E-state index in [1.165, 1.54) is 11.1 Å². The summed E-state index contributed by atoms with van der Waals surface area (Å²) in [6, 6.07) is 22.9. The van der Waals surface area contributed by atoms with E-state index in [-0.39, 0.29) is 22.3 Å². The zero-order valence-corrected chi connectivity index (χ0v) is 20.4. The van der Waals surface area contributed by atoms with Crippen LogP contribution < -0.4 is 4.74 Å². The lowest BCUT2D eigenvalue weighted by atomic mass is 9.78. The van der Waals surface area contributed by atoms with Crippen molar-refractivity contribution >= 4 is 0 Å². The quantitative estimate of drug-likeness (QED) is 0.292. The molecule has 33 heavy (non-hydrogen) atoms. The molecule has 3 heteroatoms. The first-order valence-corrected chi connectivity index (χ1v) is 11.2. The zero-order chi connectivity index (χ0) is 24.2. The van der Waals surface area contributed by atoms with Gasteiger partial charge in [0.1, 0.15) is 23.0 Å². The fourth-order valence-electron chi connectivity index (χ4n) is 3.76. The van der Waals surface area contributed by atoms with Crippen LogP contribution in [0.1, 0.15) is 58.2 Å². The predicted octanol–water partition coefficient (Wildman–Crippen LogP) is 7.63. The highest BCUT2D eigenvalue weighted by molar-refractivity contribution is 5.42. The minimum Gasteiger partial charge on any atom is -0.508 e. The number of aromatic hydroxyl groups is 2. The van der Waals surface area contributed by atoms with Crippen LogP contribution in [0.5, 0.6) is 17.2 Å². The molecule has 0 saturated heterocycles. The summed E-state index contributed by atoms with van der Waals surface area (Å²) in [6.45, 7) is 12.7. The highest BCUT2D eigenvalue weighted by Gasteiger charge is 2.23. The van der Waals surface area contributed by atoms with Crippen molar-refractivity contribution in [3.63, 3.8) is 0 Å². The van der Waals surface area contributed by atoms with Crippen LogP contribution in [0.2, 0.25) is 0 Å². The van der Waals surface area contributed by atoms with E-state index in [4.69, 9.17) is 4.74 Å². The average molecular weight is 443 g/mol. The first-order valence-electron chi connectivity index (χ1n) is 11.2. The second-order valence-corrected chi connectivity index (χ2v) is 9.60. The maximum Gasteiger partial charge on any atom is 0.126 e. The highest BCUT2D eigenvalue weighted by atomic mass is 16.5. The molecule has 172 valence electrons. The molecule has 0 fully saturated rings. The van der Waals surface area contributed by atoms with Crippen LogP contribution in [0.25, 0.3) is 0 Å². The van der Waals surface area contributed by atoms with Crippen molar-refractivity contribution in [2.75, 3.05) is 0 Å². The second-order valence-electron chi connectivity index (χ2n) is 9.60. The molecule has 0 atom stereocenters. The van der Waals surface area contributed by atoms with Crippen molar-refractivity contribution in [1.82, 2.24) is 0 Å². The molecule has 0 spiro atoms. The molecule has 0 aromatic heterocycles. The first-order chi connectivity index (χ1) is 15.5. The van der Waals surface area contributed by atoms with Gasteiger partial charge in [-0.05, 0) is 73.0 Å². The van der Waals surface area contributed by atoms with E-state index in [1.54, 1.807) is 24.3 Å². The van der Waals surface area contributed by atoms with Gasteiger partial charge in [-0.15, -0.1) is 0 Å². The minimum atomic E-state index is -0.184. The maximum atomic E-state index is 9.57. The molecule has 0 aliphatic carbocycles. The number of phenols is 2. The Hall–Kier alpha value is -3.46. The molecule has 0 bridgehead atoms. The number of hydrogen-bond acceptors (Lipinski definition) is 3. The molecule has 0 saturated carbocycles. The Bertz CT molecular complexity index is 1130. The average Bonchev–Trinajstić information content (AvgIpc) is 2.78. The summed E-state index contributed by atoms with van der Waals surface area (Å²) < 4.78 is 6.04. The van der Waals surface area contributed by atoms with Crippen LogP contribution >= 0.6 is 0 Å². The second kappa shape index (κ2) is 9.58. The molecule has 0 unspecified atom stereocenters. The summed E-state index contributed by atoms with van der Waals surface area (Å²) in [5.74, 6) is 2.15. The molecular formula is C30H34O3. The van der Waals surface area contributed by atoms with Crippen molar-refractivity contribution in [1.29, 1.82) is 0 Å². The largest absolute Gasteiger partial charge is 0.508 e. The van der Waals surface area contributed by atoms with Gasteiger partial charge in [-0.25, -0.2) is 0 Å². The van der Waals surface area contributed by atoms with Gasteiger partial charge in [0, 0.05) is 10.8 Å². The van der Waals surface area contributed by atoms with Crippen molar-refractivity contribution in [3.05, 3.63) is 113 Å². The normalized spacial score (nSPS) is 13.2. The zero-order valence-electron chi connectivity index (χ0n) is 20.4. The molecule has 3 nitrogen and oxygen atoms in total. The summed E-state index contributed by atoms with van der Waals surface area (Å²) in [7, 11) is 0. The summed E-state index contributed by atoms with van der Waals surface area (Å²) in [5.41, 5.74) is 4.31. The molecule has 3 aromatic carbocycles. The molecule has 2 N–H and O–H groups in total. The van der Waals surface area contributed by atoms with E-state index in [0.29, 0.717) is 0 Å². The fourth-order valence-corrected chi connectivity index (χ4v) is 3.76. The van der Waals surface area contributed by atoms with Crippen molar-refractivity contribution in [2.24, 2.45) is 0 Å². The SMILES string of the molecule is C/C(=C\C=C(/C)C(C)(C)c1ccc(O)cc1)Oc1ccc(C(C)(C)c2ccc(O)cc2)cc1. The van der Waals surface area contributed by atoms with Crippen molar-refractivity contribution in [3.8, 4) is 17.2 Å². The van der Waals surface area contributed by atoms with Gasteiger partial charge < -0.3 is 14.9 Å². The van der Waals surface area contributed by atoms with E-state index in [9.17, 15) is 10.2 Å². The lowest BCUT2D eigenvalue weighted by Gasteiger charge is -2.26. The number of phenolic OH excluding ortho intramolecular Hbond substituents is 2. The van der Waals surface area contributed by atoms with Crippen LogP contribution in [-0.2, 0) is 10.8 Å². The summed E-state index contributed by atoms with van der Waals surface area (Å²) in [4.78, 5) is 0. The smallest absolute Gasteiger partial charge is 0.126 e. The van der Waals surface area contributed by atoms with Crippen LogP contribution in [0.3, 0.4) is 0 Å². The lowest BCUT2D eigenvalue weighted by molar-refractivity contribution is 0.427. The van der Waals surface area contributed by atoms with E-state index >= 15 is 0 Å². The van der Waals surface area contributed by atoms with Crippen molar-refractivity contribution in [2.45, 2.75) is 52.4 Å². The summed E-state index contributed by atoms with van der Waals surface area (Å²) in [6.07, 6.45) is 4.08. The Balaban J connectivity index is 1.71. The molecule has 0 heterocycles. The van der Waals surface area contributed by atoms with Gasteiger partial charge >= 0.3 is 0 Å². The van der Waals surface area contributed by atoms with Gasteiger partial charge in [-0.3, -0.25) is 0 Å². The minimum absolute atomic E-state index is 0.161. The first kappa shape index (κ1) is 24.2. The number of ether oxygens (including phenoxy) is 1. The summed E-state index contributed by atoms with van der Waals surface area (Å²) in [5, 5.41) is 19.1. The van der Waals surface area contributed by atoms with Crippen LogP contribution in [0, 0.1) is 0 Å². The van der Waals surface area contributed by atoms with Crippen molar-refractivity contribution < 1.29 is 14.9 Å². The van der Waals surface area contributed by atoms with E-state index in [1.807, 2.05) is 49.4 Å². The third-order valence-corrected chi connectivity index (χ3v) is 6.59. The van der Waals surface area contributed by atoms with E-state index in [0.717, 1.165) is 22.6 Å².